The van der Waals surface area contributed by atoms with Crippen LogP contribution in [0.5, 0.6) is 0 Å². The summed E-state index contributed by atoms with van der Waals surface area (Å²) in [6.45, 7) is 0. The summed E-state index contributed by atoms with van der Waals surface area (Å²) in [5.74, 6) is 0. The van der Waals surface area contributed by atoms with Gasteiger partial charge in [0, 0.05) is 0 Å². The first-order valence-corrected chi connectivity index (χ1v) is 4.96. The fourth-order valence-corrected chi connectivity index (χ4v) is 0. The van der Waals surface area contributed by atoms with E-state index in [2.05, 4.69) is 0 Å². The maximum absolute atomic E-state index is 4.89. The molecular weight excluding hydrogens is 165 g/mol. The third kappa shape index (κ3) is 10.0. The van der Waals surface area contributed by atoms with E-state index in [1.807, 2.05) is 0 Å². The molecule has 4 heavy (non-hydrogen) atoms. The molecule has 0 unspecified atom stereocenters. The molecule has 0 aromatic heterocycles. The van der Waals surface area contributed by atoms with E-state index in [4.69, 9.17) is 30.3 Å². The van der Waals surface area contributed by atoms with Crippen LogP contribution in [-0.2, 0) is 11.2 Å². The van der Waals surface area contributed by atoms with Crippen molar-refractivity contribution in [3.05, 3.63) is 0 Å². The molecule has 0 aliphatic carbocycles. The number of hydrogen-bond acceptors (Lipinski definition) is 0. The first kappa shape index (κ1) is 5.39. The molecule has 0 rings (SSSR count). The van der Waals surface area contributed by atoms with Crippen molar-refractivity contribution in [3.8, 4) is 0 Å². The van der Waals surface area contributed by atoms with Gasteiger partial charge >= 0.3 is 41.5 Å². The fraction of sp³-hybridized carbons (Fsp3) is 0. The second kappa shape index (κ2) is 2.62. The molecule has 0 saturated heterocycles. The van der Waals surface area contributed by atoms with E-state index >= 15 is 0 Å². The van der Waals surface area contributed by atoms with Crippen LogP contribution >= 0.6 is 30.3 Å². The average molecular weight is 165 g/mol. The first-order chi connectivity index (χ1) is 1.73. The molecule has 0 N–H and O–H groups in total. The van der Waals surface area contributed by atoms with Crippen molar-refractivity contribution in [3.63, 3.8) is 0 Å². The molecule has 0 bridgehead atoms. The molecule has 0 heterocycles. The Hall–Kier alpha value is 1.39. The van der Waals surface area contributed by atoms with Gasteiger partial charge in [0.1, 0.15) is 0 Å². The summed E-state index contributed by atoms with van der Waals surface area (Å²) in [6, 6.07) is 0. The average Bonchev–Trinajstić information content (AvgIpc) is 0.811. The SMILES string of the molecule is [Cl][59Fe]([Cl])[Cl]. The van der Waals surface area contributed by atoms with Gasteiger partial charge in [-0.1, -0.05) is 0 Å². The van der Waals surface area contributed by atoms with Gasteiger partial charge in [-0.15, -0.1) is 0 Å². The van der Waals surface area contributed by atoms with Crippen LogP contribution in [0.15, 0.2) is 0 Å². The molecule has 0 fully saturated rings. The molecule has 0 aromatic carbocycles. The monoisotopic (exact) mass is 164 g/mol. The Labute approximate surface area is 41.6 Å². The number of rotatable bonds is 0. The first-order valence-electron chi connectivity index (χ1n) is 0.401. The normalized spacial score (nSPS) is 11.2. The van der Waals surface area contributed by atoms with Gasteiger partial charge < -0.3 is 0 Å². The summed E-state index contributed by atoms with van der Waals surface area (Å²) in [6.07, 6.45) is 0. The van der Waals surface area contributed by atoms with Gasteiger partial charge in [0.15, 0.2) is 0 Å². The fourth-order valence-electron chi connectivity index (χ4n) is 0. The third-order valence-electron chi connectivity index (χ3n) is 0. The summed E-state index contributed by atoms with van der Waals surface area (Å²) < 4.78 is 0. The van der Waals surface area contributed by atoms with Crippen molar-refractivity contribution < 1.29 is 11.2 Å². The molecule has 0 spiro atoms. The molecule has 0 atom stereocenters. The molecule has 0 nitrogen and oxygen atoms in total. The minimum absolute atomic E-state index is 1.33. The third-order valence-corrected chi connectivity index (χ3v) is 0. The second-order valence-electron chi connectivity index (χ2n) is 0.152. The summed E-state index contributed by atoms with van der Waals surface area (Å²) >= 11 is -1.33. The van der Waals surface area contributed by atoms with Crippen LogP contribution in [0, 0.1) is 0 Å². The summed E-state index contributed by atoms with van der Waals surface area (Å²) in [5, 5.41) is 0. The molecule has 29 valence electrons. The standard InChI is InChI=1S/3ClH.Fe/h3*1H;/q;;;+3/p-3/i;;;1+3. The van der Waals surface area contributed by atoms with Crippen LogP contribution in [0.1, 0.15) is 0 Å². The maximum atomic E-state index is 4.89. The zero-order valence-electron chi connectivity index (χ0n) is 1.49. The molecule has 0 radical (unpaired) electrons. The Morgan fingerprint density at radius 1 is 1.00 bits per heavy atom. The van der Waals surface area contributed by atoms with Gasteiger partial charge in [0.05, 0.1) is 0 Å². The number of hydrogen-bond donors (Lipinski definition) is 0. The second-order valence-corrected chi connectivity index (χ2v) is 5.62. The van der Waals surface area contributed by atoms with Gasteiger partial charge in [0.25, 0.3) is 0 Å². The van der Waals surface area contributed by atoms with Crippen LogP contribution in [0.4, 0.5) is 0 Å². The van der Waals surface area contributed by atoms with Crippen molar-refractivity contribution in [1.29, 1.82) is 0 Å². The van der Waals surface area contributed by atoms with Crippen molar-refractivity contribution >= 4 is 30.3 Å². The Kier molecular flexibility index (Phi) is 3.53. The van der Waals surface area contributed by atoms with E-state index in [0.29, 0.717) is 0 Å². The van der Waals surface area contributed by atoms with Crippen molar-refractivity contribution in [2.45, 2.75) is 0 Å². The summed E-state index contributed by atoms with van der Waals surface area (Å²) in [4.78, 5) is 0. The van der Waals surface area contributed by atoms with E-state index in [-0.39, 0.29) is 0 Å². The Bertz CT molecular complexity index is 8.00. The van der Waals surface area contributed by atoms with E-state index in [0.717, 1.165) is 0 Å². The van der Waals surface area contributed by atoms with Crippen molar-refractivity contribution in [2.24, 2.45) is 0 Å². The van der Waals surface area contributed by atoms with Crippen molar-refractivity contribution in [2.75, 3.05) is 0 Å². The predicted molar refractivity (Wildman–Crippen MR) is 17.6 cm³/mol. The molecule has 4 heteroatoms. The Balaban J connectivity index is 2.32. The molecule has 0 aromatic rings. The van der Waals surface area contributed by atoms with E-state index in [1.165, 1.54) is 0 Å². The summed E-state index contributed by atoms with van der Waals surface area (Å²) in [5.41, 5.74) is 0. The van der Waals surface area contributed by atoms with Crippen LogP contribution < -0.4 is 0 Å². The topological polar surface area (TPSA) is 0 Å². The molecular formula is Cl3Fe. The zero-order valence-corrected chi connectivity index (χ0v) is 4.86. The molecule has 0 aliphatic rings. The van der Waals surface area contributed by atoms with Crippen LogP contribution in [0.25, 0.3) is 0 Å². The van der Waals surface area contributed by atoms with Crippen LogP contribution in [0.2, 0.25) is 0 Å². The van der Waals surface area contributed by atoms with Crippen LogP contribution in [0.3, 0.4) is 0 Å². The van der Waals surface area contributed by atoms with Gasteiger partial charge in [-0.05, 0) is 0 Å². The Morgan fingerprint density at radius 3 is 1.00 bits per heavy atom. The van der Waals surface area contributed by atoms with E-state index in [1.54, 1.807) is 0 Å². The predicted octanol–water partition coefficient (Wildman–Crippen LogP) is 2.07. The van der Waals surface area contributed by atoms with Gasteiger partial charge in [-0.3, -0.25) is 0 Å². The molecule has 0 amide bonds. The minimum atomic E-state index is -1.33. The van der Waals surface area contributed by atoms with E-state index < -0.39 is 11.2 Å². The number of halogens is 3. The van der Waals surface area contributed by atoms with E-state index in [9.17, 15) is 0 Å². The van der Waals surface area contributed by atoms with Gasteiger partial charge in [0.2, 0.25) is 0 Å². The van der Waals surface area contributed by atoms with Gasteiger partial charge in [-0.25, -0.2) is 0 Å². The molecule has 0 saturated carbocycles. The molecule has 0 aliphatic heterocycles. The Morgan fingerprint density at radius 2 is 1.00 bits per heavy atom. The van der Waals surface area contributed by atoms with Crippen molar-refractivity contribution in [1.82, 2.24) is 0 Å². The van der Waals surface area contributed by atoms with Gasteiger partial charge in [-0.2, -0.15) is 0 Å². The quantitative estimate of drug-likeness (QED) is 0.482. The summed E-state index contributed by atoms with van der Waals surface area (Å²) in [7, 11) is 14.7. The zero-order chi connectivity index (χ0) is 3.58. The van der Waals surface area contributed by atoms with Crippen LogP contribution in [-0.4, -0.2) is 0 Å².